The van der Waals surface area contributed by atoms with Crippen LogP contribution in [0.5, 0.6) is 0 Å². The zero-order chi connectivity index (χ0) is 16.1. The van der Waals surface area contributed by atoms with Gasteiger partial charge in [0.25, 0.3) is 0 Å². The number of methoxy groups -OCH3 is 1. The summed E-state index contributed by atoms with van der Waals surface area (Å²) in [7, 11) is 1.74. The van der Waals surface area contributed by atoms with Crippen molar-refractivity contribution in [3.8, 4) is 0 Å². The topological polar surface area (TPSA) is 47.7 Å². The molecule has 4 heteroatoms. The molecule has 1 aliphatic heterocycles. The first-order valence-electron chi connectivity index (χ1n) is 8.93. The second-order valence-corrected chi connectivity index (χ2v) is 6.97. The lowest BCUT2D eigenvalue weighted by Gasteiger charge is -2.32. The van der Waals surface area contributed by atoms with Gasteiger partial charge in [-0.05, 0) is 43.6 Å². The molecule has 0 radical (unpaired) electrons. The van der Waals surface area contributed by atoms with Gasteiger partial charge in [-0.2, -0.15) is 0 Å². The van der Waals surface area contributed by atoms with Crippen LogP contribution in [0.15, 0.2) is 30.3 Å². The molecule has 2 unspecified atom stereocenters. The summed E-state index contributed by atoms with van der Waals surface area (Å²) >= 11 is 0. The van der Waals surface area contributed by atoms with E-state index >= 15 is 0 Å². The minimum absolute atomic E-state index is 0.214. The Labute approximate surface area is 139 Å². The number of nitrogens with zero attached hydrogens (tertiary/aromatic N) is 1. The quantitative estimate of drug-likeness (QED) is 0.876. The average Bonchev–Trinajstić information content (AvgIpc) is 2.95. The number of nitrogens with two attached hydrogens (primary N) is 1. The summed E-state index contributed by atoms with van der Waals surface area (Å²) in [5.74, 6) is 0.703. The Morgan fingerprint density at radius 3 is 2.52 bits per heavy atom. The summed E-state index contributed by atoms with van der Waals surface area (Å²) in [5.41, 5.74) is 7.72. The monoisotopic (exact) mass is 318 g/mol. The van der Waals surface area contributed by atoms with Gasteiger partial charge in [0, 0.05) is 19.7 Å². The Kier molecular flexibility index (Phi) is 6.06. The number of hydrogen-bond acceptors (Lipinski definition) is 4. The van der Waals surface area contributed by atoms with Gasteiger partial charge in [-0.3, -0.25) is 4.90 Å². The van der Waals surface area contributed by atoms with Gasteiger partial charge in [-0.25, -0.2) is 0 Å². The maximum atomic E-state index is 6.24. The summed E-state index contributed by atoms with van der Waals surface area (Å²) in [6.45, 7) is 2.41. The first-order valence-corrected chi connectivity index (χ1v) is 8.93. The fraction of sp³-hybridized carbons (Fsp3) is 0.684. The molecule has 2 fully saturated rings. The normalized spacial score (nSPS) is 32.3. The van der Waals surface area contributed by atoms with Crippen LogP contribution in [-0.4, -0.2) is 50.1 Å². The van der Waals surface area contributed by atoms with Crippen LogP contribution in [0.3, 0.4) is 0 Å². The third-order valence-electron chi connectivity index (χ3n) is 5.46. The van der Waals surface area contributed by atoms with Crippen LogP contribution < -0.4 is 5.73 Å². The summed E-state index contributed by atoms with van der Waals surface area (Å²) in [6.07, 6.45) is 6.21. The van der Waals surface area contributed by atoms with Crippen molar-refractivity contribution in [2.75, 3.05) is 27.0 Å². The van der Waals surface area contributed by atoms with Crippen molar-refractivity contribution in [2.45, 2.75) is 56.2 Å². The second-order valence-electron chi connectivity index (χ2n) is 6.97. The first-order chi connectivity index (χ1) is 11.3. The molecule has 23 heavy (non-hydrogen) atoms. The van der Waals surface area contributed by atoms with Crippen molar-refractivity contribution in [3.05, 3.63) is 35.9 Å². The summed E-state index contributed by atoms with van der Waals surface area (Å²) in [4.78, 5) is 2.31. The molecule has 1 saturated heterocycles. The van der Waals surface area contributed by atoms with Crippen LogP contribution in [0.1, 0.15) is 43.6 Å². The Morgan fingerprint density at radius 1 is 1.09 bits per heavy atom. The molecule has 3 rings (SSSR count). The van der Waals surface area contributed by atoms with Crippen molar-refractivity contribution in [1.29, 1.82) is 0 Å². The maximum absolute atomic E-state index is 6.24. The number of rotatable bonds is 6. The second kappa shape index (κ2) is 8.25. The van der Waals surface area contributed by atoms with E-state index in [9.17, 15) is 0 Å². The minimum Gasteiger partial charge on any atom is -0.377 e. The van der Waals surface area contributed by atoms with E-state index in [0.29, 0.717) is 24.8 Å². The minimum atomic E-state index is 0.214. The highest BCUT2D eigenvalue weighted by Gasteiger charge is 2.33. The smallest absolute Gasteiger partial charge is 0.0990 e. The summed E-state index contributed by atoms with van der Waals surface area (Å²) in [5, 5.41) is 0. The molecule has 0 bridgehead atoms. The van der Waals surface area contributed by atoms with Gasteiger partial charge in [-0.15, -0.1) is 0 Å². The van der Waals surface area contributed by atoms with E-state index in [1.807, 2.05) is 0 Å². The average molecular weight is 318 g/mol. The van der Waals surface area contributed by atoms with Gasteiger partial charge in [0.05, 0.1) is 25.5 Å². The molecular formula is C19H30N2O2. The van der Waals surface area contributed by atoms with Gasteiger partial charge in [0.15, 0.2) is 0 Å². The van der Waals surface area contributed by atoms with Crippen LogP contribution in [0.25, 0.3) is 0 Å². The first kappa shape index (κ1) is 16.9. The lowest BCUT2D eigenvalue weighted by atomic mass is 9.83. The van der Waals surface area contributed by atoms with Crippen molar-refractivity contribution in [2.24, 2.45) is 5.73 Å². The Bertz CT molecular complexity index is 458. The van der Waals surface area contributed by atoms with Gasteiger partial charge in [0.1, 0.15) is 0 Å². The third-order valence-corrected chi connectivity index (χ3v) is 5.46. The van der Waals surface area contributed by atoms with Gasteiger partial charge < -0.3 is 15.2 Å². The van der Waals surface area contributed by atoms with Crippen LogP contribution in [-0.2, 0) is 9.47 Å². The SMILES string of the molecule is COCN1CCC(N)C1CO[C@H]1CC[C@@H](c2ccccc2)CC1. The van der Waals surface area contributed by atoms with E-state index in [1.54, 1.807) is 7.11 Å². The van der Waals surface area contributed by atoms with Crippen molar-refractivity contribution >= 4 is 0 Å². The molecule has 2 N–H and O–H groups in total. The maximum Gasteiger partial charge on any atom is 0.0990 e. The molecule has 2 atom stereocenters. The molecule has 1 heterocycles. The number of likely N-dealkylation sites (tertiary alicyclic amines) is 1. The number of hydrogen-bond donors (Lipinski definition) is 1. The van der Waals surface area contributed by atoms with Gasteiger partial charge in [-0.1, -0.05) is 30.3 Å². The van der Waals surface area contributed by atoms with E-state index in [1.165, 1.54) is 18.4 Å². The van der Waals surface area contributed by atoms with Gasteiger partial charge in [0.2, 0.25) is 0 Å². The molecule has 0 spiro atoms. The fourth-order valence-electron chi connectivity index (χ4n) is 4.02. The highest BCUT2D eigenvalue weighted by atomic mass is 16.5. The highest BCUT2D eigenvalue weighted by Crippen LogP contribution is 2.34. The highest BCUT2D eigenvalue weighted by molar-refractivity contribution is 5.19. The van der Waals surface area contributed by atoms with Crippen LogP contribution in [0.2, 0.25) is 0 Å². The third kappa shape index (κ3) is 4.32. The van der Waals surface area contributed by atoms with Crippen LogP contribution in [0, 0.1) is 0 Å². The molecule has 1 aromatic carbocycles. The van der Waals surface area contributed by atoms with E-state index in [0.717, 1.165) is 32.4 Å². The van der Waals surface area contributed by atoms with Gasteiger partial charge >= 0.3 is 0 Å². The molecule has 0 aromatic heterocycles. The van der Waals surface area contributed by atoms with Crippen LogP contribution in [0.4, 0.5) is 0 Å². The van der Waals surface area contributed by atoms with Crippen LogP contribution >= 0.6 is 0 Å². The molecule has 1 aliphatic carbocycles. The molecule has 128 valence electrons. The van der Waals surface area contributed by atoms with E-state index in [4.69, 9.17) is 15.2 Å². The largest absolute Gasteiger partial charge is 0.377 e. The predicted molar refractivity (Wildman–Crippen MR) is 92.4 cm³/mol. The molecular weight excluding hydrogens is 288 g/mol. The number of benzene rings is 1. The van der Waals surface area contributed by atoms with Crippen molar-refractivity contribution in [1.82, 2.24) is 4.90 Å². The summed E-state index contributed by atoms with van der Waals surface area (Å²) < 4.78 is 11.5. The fourth-order valence-corrected chi connectivity index (χ4v) is 4.02. The van der Waals surface area contributed by atoms with Crippen molar-refractivity contribution in [3.63, 3.8) is 0 Å². The van der Waals surface area contributed by atoms with E-state index < -0.39 is 0 Å². The lowest BCUT2D eigenvalue weighted by molar-refractivity contribution is -0.0271. The number of ether oxygens (including phenoxy) is 2. The van der Waals surface area contributed by atoms with Crippen molar-refractivity contribution < 1.29 is 9.47 Å². The zero-order valence-electron chi connectivity index (χ0n) is 14.2. The Hall–Kier alpha value is -0.940. The zero-order valence-corrected chi connectivity index (χ0v) is 14.2. The molecule has 1 aromatic rings. The van der Waals surface area contributed by atoms with E-state index in [-0.39, 0.29) is 6.04 Å². The molecule has 0 amide bonds. The standard InChI is InChI=1S/C19H30N2O2/c1-22-14-21-12-11-18(20)19(21)13-23-17-9-7-16(8-10-17)15-5-3-2-4-6-15/h2-6,16-19H,7-14,20H2,1H3/t16-,17+,18?,19?. The predicted octanol–water partition coefficient (Wildman–Crippen LogP) is 2.73. The Morgan fingerprint density at radius 2 is 1.83 bits per heavy atom. The molecule has 2 aliphatic rings. The molecule has 1 saturated carbocycles. The Balaban J connectivity index is 1.44. The molecule has 4 nitrogen and oxygen atoms in total. The lowest BCUT2D eigenvalue weighted by Crippen LogP contribution is -2.44. The summed E-state index contributed by atoms with van der Waals surface area (Å²) in [6, 6.07) is 11.4. The van der Waals surface area contributed by atoms with E-state index in [2.05, 4.69) is 35.2 Å².